The molecule has 1 unspecified atom stereocenters. The molecule has 1 amide bonds. The van der Waals surface area contributed by atoms with Crippen molar-refractivity contribution in [2.24, 2.45) is 11.8 Å². The van der Waals surface area contributed by atoms with Gasteiger partial charge in [-0.2, -0.15) is 5.26 Å². The summed E-state index contributed by atoms with van der Waals surface area (Å²) in [5, 5.41) is 18.5. The molecule has 1 aromatic carbocycles. The number of nitriles is 1. The number of anilines is 1. The number of phenolic OH excluding ortho intramolecular Hbond substituents is 1. The maximum absolute atomic E-state index is 12.3. The maximum Gasteiger partial charge on any atom is 0.244 e. The van der Waals surface area contributed by atoms with Crippen LogP contribution in [0, 0.1) is 23.2 Å². The molecule has 0 bridgehead atoms. The fourth-order valence-electron chi connectivity index (χ4n) is 1.78. The standard InChI is InChI=1S/C14H18N2O2/c1-4-16(11-6-5-7-12(17)8-11)14(18)13(9-15)10(2)3/h5-8,10,13,17H,4H2,1-3H3. The first kappa shape index (κ1) is 14.0. The number of carbonyl (C=O) groups excluding carboxylic acids is 1. The average molecular weight is 246 g/mol. The summed E-state index contributed by atoms with van der Waals surface area (Å²) in [5.74, 6) is -0.807. The van der Waals surface area contributed by atoms with E-state index in [1.54, 1.807) is 18.2 Å². The highest BCUT2D eigenvalue weighted by Gasteiger charge is 2.27. The number of benzene rings is 1. The highest BCUT2D eigenvalue weighted by atomic mass is 16.3. The van der Waals surface area contributed by atoms with Crippen molar-refractivity contribution in [2.45, 2.75) is 20.8 Å². The Kier molecular flexibility index (Phi) is 4.73. The summed E-state index contributed by atoms with van der Waals surface area (Å²) in [6, 6.07) is 8.54. The van der Waals surface area contributed by atoms with E-state index in [9.17, 15) is 9.90 Å². The largest absolute Gasteiger partial charge is 0.508 e. The van der Waals surface area contributed by atoms with Gasteiger partial charge in [0.05, 0.1) is 6.07 Å². The third-order valence-corrected chi connectivity index (χ3v) is 2.80. The molecule has 0 fully saturated rings. The van der Waals surface area contributed by atoms with Gasteiger partial charge in [0, 0.05) is 18.3 Å². The molecule has 0 aliphatic rings. The Morgan fingerprint density at radius 1 is 1.50 bits per heavy atom. The third kappa shape index (κ3) is 3.01. The Labute approximate surface area is 107 Å². The fourth-order valence-corrected chi connectivity index (χ4v) is 1.78. The lowest BCUT2D eigenvalue weighted by atomic mass is 9.95. The van der Waals surface area contributed by atoms with E-state index in [0.29, 0.717) is 12.2 Å². The Bertz CT molecular complexity index is 463. The van der Waals surface area contributed by atoms with Gasteiger partial charge in [0.15, 0.2) is 0 Å². The predicted molar refractivity (Wildman–Crippen MR) is 70.1 cm³/mol. The lowest BCUT2D eigenvalue weighted by molar-refractivity contribution is -0.121. The fraction of sp³-hybridized carbons (Fsp3) is 0.429. The van der Waals surface area contributed by atoms with Crippen LogP contribution in [0.5, 0.6) is 5.75 Å². The van der Waals surface area contributed by atoms with Crippen LogP contribution in [0.15, 0.2) is 24.3 Å². The van der Waals surface area contributed by atoms with Gasteiger partial charge in [0.2, 0.25) is 5.91 Å². The molecule has 18 heavy (non-hydrogen) atoms. The summed E-state index contributed by atoms with van der Waals surface area (Å²) in [5.41, 5.74) is 0.614. The second-order valence-electron chi connectivity index (χ2n) is 4.45. The Morgan fingerprint density at radius 2 is 2.17 bits per heavy atom. The van der Waals surface area contributed by atoms with Crippen molar-refractivity contribution in [3.63, 3.8) is 0 Å². The van der Waals surface area contributed by atoms with Gasteiger partial charge in [0.25, 0.3) is 0 Å². The molecule has 0 saturated heterocycles. The number of carbonyl (C=O) groups is 1. The molecule has 0 aliphatic heterocycles. The van der Waals surface area contributed by atoms with Gasteiger partial charge in [-0.15, -0.1) is 0 Å². The molecule has 0 aliphatic carbocycles. The zero-order valence-electron chi connectivity index (χ0n) is 10.9. The van der Waals surface area contributed by atoms with Gasteiger partial charge in [-0.3, -0.25) is 4.79 Å². The molecular weight excluding hydrogens is 228 g/mol. The van der Waals surface area contributed by atoms with E-state index in [-0.39, 0.29) is 17.6 Å². The molecule has 4 nitrogen and oxygen atoms in total. The molecular formula is C14H18N2O2. The van der Waals surface area contributed by atoms with Crippen LogP contribution in [0.4, 0.5) is 5.69 Å². The van der Waals surface area contributed by atoms with E-state index in [1.807, 2.05) is 26.8 Å². The number of hydrogen-bond acceptors (Lipinski definition) is 3. The minimum absolute atomic E-state index is 0.0335. The first-order chi connectivity index (χ1) is 8.51. The molecule has 0 spiro atoms. The number of amides is 1. The number of aromatic hydroxyl groups is 1. The zero-order valence-corrected chi connectivity index (χ0v) is 10.9. The number of hydrogen-bond donors (Lipinski definition) is 1. The van der Waals surface area contributed by atoms with E-state index < -0.39 is 5.92 Å². The van der Waals surface area contributed by atoms with Crippen molar-refractivity contribution in [1.82, 2.24) is 0 Å². The lowest BCUT2D eigenvalue weighted by Gasteiger charge is -2.25. The van der Waals surface area contributed by atoms with Gasteiger partial charge in [0.1, 0.15) is 11.7 Å². The normalized spacial score (nSPS) is 11.9. The molecule has 1 N–H and O–H groups in total. The van der Waals surface area contributed by atoms with Crippen LogP contribution < -0.4 is 4.90 Å². The van der Waals surface area contributed by atoms with Crippen LogP contribution in [0.25, 0.3) is 0 Å². The second kappa shape index (κ2) is 6.06. The Morgan fingerprint density at radius 3 is 2.61 bits per heavy atom. The van der Waals surface area contributed by atoms with Crippen molar-refractivity contribution < 1.29 is 9.90 Å². The highest BCUT2D eigenvalue weighted by molar-refractivity contribution is 5.96. The topological polar surface area (TPSA) is 64.3 Å². The van der Waals surface area contributed by atoms with Crippen LogP contribution in [0.2, 0.25) is 0 Å². The van der Waals surface area contributed by atoms with E-state index in [0.717, 1.165) is 0 Å². The number of rotatable bonds is 4. The van der Waals surface area contributed by atoms with Crippen molar-refractivity contribution in [2.75, 3.05) is 11.4 Å². The minimum Gasteiger partial charge on any atom is -0.508 e. The van der Waals surface area contributed by atoms with Crippen molar-refractivity contribution in [3.05, 3.63) is 24.3 Å². The molecule has 0 radical (unpaired) electrons. The second-order valence-corrected chi connectivity index (χ2v) is 4.45. The molecule has 1 atom stereocenters. The first-order valence-corrected chi connectivity index (χ1v) is 6.01. The summed E-state index contributed by atoms with van der Waals surface area (Å²) in [7, 11) is 0. The van der Waals surface area contributed by atoms with Gasteiger partial charge in [-0.1, -0.05) is 19.9 Å². The molecule has 0 aromatic heterocycles. The summed E-state index contributed by atoms with van der Waals surface area (Å²) < 4.78 is 0. The third-order valence-electron chi connectivity index (χ3n) is 2.80. The Balaban J connectivity index is 3.04. The summed E-state index contributed by atoms with van der Waals surface area (Å²) >= 11 is 0. The van der Waals surface area contributed by atoms with Crippen molar-refractivity contribution in [3.8, 4) is 11.8 Å². The van der Waals surface area contributed by atoms with Crippen molar-refractivity contribution in [1.29, 1.82) is 5.26 Å². The zero-order chi connectivity index (χ0) is 13.7. The van der Waals surface area contributed by atoms with E-state index in [1.165, 1.54) is 11.0 Å². The first-order valence-electron chi connectivity index (χ1n) is 6.01. The van der Waals surface area contributed by atoms with Crippen LogP contribution in [-0.4, -0.2) is 17.6 Å². The minimum atomic E-state index is -0.660. The predicted octanol–water partition coefficient (Wildman–Crippen LogP) is 2.54. The lowest BCUT2D eigenvalue weighted by Crippen LogP contribution is -2.37. The molecule has 0 saturated carbocycles. The average Bonchev–Trinajstić information content (AvgIpc) is 2.30. The van der Waals surface area contributed by atoms with Gasteiger partial charge in [-0.05, 0) is 25.0 Å². The smallest absolute Gasteiger partial charge is 0.244 e. The molecule has 4 heteroatoms. The van der Waals surface area contributed by atoms with Crippen LogP contribution in [0.1, 0.15) is 20.8 Å². The van der Waals surface area contributed by atoms with Gasteiger partial charge in [-0.25, -0.2) is 0 Å². The highest BCUT2D eigenvalue weighted by Crippen LogP contribution is 2.23. The monoisotopic (exact) mass is 246 g/mol. The van der Waals surface area contributed by atoms with Crippen LogP contribution >= 0.6 is 0 Å². The SMILES string of the molecule is CCN(C(=O)C(C#N)C(C)C)c1cccc(O)c1. The number of phenols is 1. The maximum atomic E-state index is 12.3. The van der Waals surface area contributed by atoms with E-state index in [2.05, 4.69) is 0 Å². The van der Waals surface area contributed by atoms with E-state index in [4.69, 9.17) is 5.26 Å². The van der Waals surface area contributed by atoms with Gasteiger partial charge >= 0.3 is 0 Å². The Hall–Kier alpha value is -2.02. The molecule has 1 aromatic rings. The van der Waals surface area contributed by atoms with Crippen LogP contribution in [0.3, 0.4) is 0 Å². The van der Waals surface area contributed by atoms with Gasteiger partial charge < -0.3 is 10.0 Å². The summed E-state index contributed by atoms with van der Waals surface area (Å²) in [6.07, 6.45) is 0. The van der Waals surface area contributed by atoms with Crippen LogP contribution in [-0.2, 0) is 4.79 Å². The summed E-state index contributed by atoms with van der Waals surface area (Å²) in [6.45, 7) is 6.01. The van der Waals surface area contributed by atoms with E-state index >= 15 is 0 Å². The quantitative estimate of drug-likeness (QED) is 0.887. The van der Waals surface area contributed by atoms with Crippen molar-refractivity contribution >= 4 is 11.6 Å². The molecule has 1 rings (SSSR count). The number of nitrogens with zero attached hydrogens (tertiary/aromatic N) is 2. The summed E-state index contributed by atoms with van der Waals surface area (Å²) in [4.78, 5) is 13.8. The molecule has 0 heterocycles. The molecule has 96 valence electrons.